The largest absolute Gasteiger partial charge is 0.354 e. The molecule has 0 N–H and O–H groups in total. The average molecular weight is 405 g/mol. The number of anilines is 1. The molecule has 1 aliphatic heterocycles. The highest BCUT2D eigenvalue weighted by Crippen LogP contribution is 2.26. The molecule has 10 heteroatoms. The van der Waals surface area contributed by atoms with Gasteiger partial charge in [-0.2, -0.15) is 0 Å². The number of non-ortho nitro benzene ring substituents is 1. The van der Waals surface area contributed by atoms with E-state index in [2.05, 4.69) is 25.3 Å². The van der Waals surface area contributed by atoms with Gasteiger partial charge in [0.15, 0.2) is 11.4 Å². The maximum Gasteiger partial charge on any atom is 0.269 e. The minimum absolute atomic E-state index is 0.0526. The number of hydrogen-bond donors (Lipinski definition) is 0. The molecule has 152 valence electrons. The third-order valence-electron chi connectivity index (χ3n) is 5.28. The molecular formula is C20H19N7O3. The second-order valence-corrected chi connectivity index (χ2v) is 7.19. The third kappa shape index (κ3) is 3.48. The van der Waals surface area contributed by atoms with Crippen LogP contribution in [-0.2, 0) is 6.54 Å². The van der Waals surface area contributed by atoms with Crippen LogP contribution in [0.15, 0.2) is 59.3 Å². The summed E-state index contributed by atoms with van der Waals surface area (Å²) in [6.45, 7) is 4.16. The number of nitrogens with zero attached hydrogens (tertiary/aromatic N) is 7. The van der Waals surface area contributed by atoms with Crippen LogP contribution in [0.25, 0.3) is 16.7 Å². The topological polar surface area (TPSA) is 106 Å². The zero-order valence-electron chi connectivity index (χ0n) is 16.1. The molecule has 0 spiro atoms. The first-order valence-electron chi connectivity index (χ1n) is 9.65. The summed E-state index contributed by atoms with van der Waals surface area (Å²) >= 11 is 0. The number of nitro groups is 1. The van der Waals surface area contributed by atoms with E-state index in [1.165, 1.54) is 12.1 Å². The van der Waals surface area contributed by atoms with Crippen LogP contribution >= 0.6 is 0 Å². The fourth-order valence-corrected chi connectivity index (χ4v) is 3.67. The van der Waals surface area contributed by atoms with Gasteiger partial charge in [-0.05, 0) is 24.3 Å². The van der Waals surface area contributed by atoms with Crippen LogP contribution in [-0.4, -0.2) is 56.2 Å². The monoisotopic (exact) mass is 405 g/mol. The van der Waals surface area contributed by atoms with Crippen molar-refractivity contribution in [2.24, 2.45) is 0 Å². The summed E-state index contributed by atoms with van der Waals surface area (Å²) in [7, 11) is 0. The van der Waals surface area contributed by atoms with E-state index >= 15 is 0 Å². The van der Waals surface area contributed by atoms with Crippen LogP contribution in [0.1, 0.15) is 5.69 Å². The van der Waals surface area contributed by atoms with Crippen LogP contribution < -0.4 is 4.90 Å². The average Bonchev–Trinajstić information content (AvgIpc) is 3.42. The molecule has 10 nitrogen and oxygen atoms in total. The summed E-state index contributed by atoms with van der Waals surface area (Å²) in [5.74, 6) is 0.898. The molecule has 2 aromatic carbocycles. The van der Waals surface area contributed by atoms with Gasteiger partial charge < -0.3 is 9.42 Å². The Bertz CT molecular complexity index is 1180. The molecule has 5 rings (SSSR count). The quantitative estimate of drug-likeness (QED) is 0.368. The summed E-state index contributed by atoms with van der Waals surface area (Å²) in [5.41, 5.74) is 2.45. The summed E-state index contributed by atoms with van der Waals surface area (Å²) in [6.07, 6.45) is 1.86. The van der Waals surface area contributed by atoms with E-state index in [4.69, 9.17) is 4.52 Å². The van der Waals surface area contributed by atoms with Gasteiger partial charge in [0, 0.05) is 44.9 Å². The molecular weight excluding hydrogens is 386 g/mol. The molecule has 0 saturated carbocycles. The summed E-state index contributed by atoms with van der Waals surface area (Å²) in [4.78, 5) is 14.9. The minimum Gasteiger partial charge on any atom is -0.354 e. The van der Waals surface area contributed by atoms with Gasteiger partial charge in [-0.3, -0.25) is 15.0 Å². The van der Waals surface area contributed by atoms with Gasteiger partial charge >= 0.3 is 0 Å². The zero-order chi connectivity index (χ0) is 20.5. The first-order chi connectivity index (χ1) is 14.7. The number of fused-ring (bicyclic) bond motifs is 1. The van der Waals surface area contributed by atoms with Gasteiger partial charge in [-0.1, -0.05) is 22.5 Å². The molecule has 0 radical (unpaired) electrons. The predicted molar refractivity (Wildman–Crippen MR) is 110 cm³/mol. The van der Waals surface area contributed by atoms with Crippen molar-refractivity contribution in [1.82, 2.24) is 25.1 Å². The molecule has 0 amide bonds. The minimum atomic E-state index is -0.419. The summed E-state index contributed by atoms with van der Waals surface area (Å²) in [6, 6.07) is 14.1. The van der Waals surface area contributed by atoms with Gasteiger partial charge in [0.25, 0.3) is 5.69 Å². The first kappa shape index (κ1) is 18.3. The lowest BCUT2D eigenvalue weighted by molar-refractivity contribution is -0.384. The number of aromatic nitrogens is 4. The Kier molecular flexibility index (Phi) is 4.60. The van der Waals surface area contributed by atoms with Gasteiger partial charge in [0.05, 0.1) is 27.9 Å². The maximum atomic E-state index is 10.8. The van der Waals surface area contributed by atoms with E-state index in [0.29, 0.717) is 6.54 Å². The molecule has 0 aliphatic carbocycles. The van der Waals surface area contributed by atoms with Crippen LogP contribution in [0.5, 0.6) is 0 Å². The standard InChI is InChI=1S/C20H19N7O3/c28-27(29)17-7-5-16(6-8-17)26-14-15(21-23-26)13-24-9-11-25(12-10-24)20-18-3-1-2-4-19(18)30-22-20/h1-8,14H,9-13H2. The van der Waals surface area contributed by atoms with Crippen molar-refractivity contribution in [1.29, 1.82) is 0 Å². The molecule has 1 fully saturated rings. The van der Waals surface area contributed by atoms with E-state index in [-0.39, 0.29) is 5.69 Å². The smallest absolute Gasteiger partial charge is 0.269 e. The Labute approximate surface area is 171 Å². The lowest BCUT2D eigenvalue weighted by Gasteiger charge is -2.34. The Hall–Kier alpha value is -3.79. The van der Waals surface area contributed by atoms with Gasteiger partial charge in [0.2, 0.25) is 0 Å². The third-order valence-corrected chi connectivity index (χ3v) is 5.28. The fraction of sp³-hybridized carbons (Fsp3) is 0.250. The summed E-state index contributed by atoms with van der Waals surface area (Å²) in [5, 5.41) is 24.5. The predicted octanol–water partition coefficient (Wildman–Crippen LogP) is 2.64. The SMILES string of the molecule is O=[N+]([O-])c1ccc(-n2cc(CN3CCN(c4noc5ccccc45)CC3)nn2)cc1. The Morgan fingerprint density at radius 1 is 1.03 bits per heavy atom. The molecule has 0 unspecified atom stereocenters. The van der Waals surface area contributed by atoms with Crippen molar-refractivity contribution in [2.75, 3.05) is 31.1 Å². The van der Waals surface area contributed by atoms with Crippen molar-refractivity contribution in [2.45, 2.75) is 6.54 Å². The number of piperazine rings is 1. The second-order valence-electron chi connectivity index (χ2n) is 7.19. The molecule has 1 saturated heterocycles. The molecule has 1 aliphatic rings. The van der Waals surface area contributed by atoms with E-state index < -0.39 is 4.92 Å². The van der Waals surface area contributed by atoms with E-state index in [9.17, 15) is 10.1 Å². The molecule has 30 heavy (non-hydrogen) atoms. The molecule has 3 heterocycles. The Morgan fingerprint density at radius 3 is 2.57 bits per heavy atom. The number of nitro benzene ring substituents is 1. The van der Waals surface area contributed by atoms with Gasteiger partial charge in [-0.15, -0.1) is 5.10 Å². The molecule has 2 aromatic heterocycles. The second kappa shape index (κ2) is 7.56. The normalized spacial score (nSPS) is 15.0. The van der Waals surface area contributed by atoms with Gasteiger partial charge in [0.1, 0.15) is 0 Å². The lowest BCUT2D eigenvalue weighted by atomic mass is 10.2. The Morgan fingerprint density at radius 2 is 1.80 bits per heavy atom. The van der Waals surface area contributed by atoms with Crippen molar-refractivity contribution in [3.05, 3.63) is 70.5 Å². The van der Waals surface area contributed by atoms with Gasteiger partial charge in [-0.25, -0.2) is 4.68 Å². The molecule has 0 bridgehead atoms. The highest BCUT2D eigenvalue weighted by atomic mass is 16.6. The van der Waals surface area contributed by atoms with E-state index in [1.54, 1.807) is 16.8 Å². The number of hydrogen-bond acceptors (Lipinski definition) is 8. The van der Waals surface area contributed by atoms with E-state index in [0.717, 1.165) is 54.3 Å². The highest BCUT2D eigenvalue weighted by molar-refractivity contribution is 5.88. The Balaban J connectivity index is 1.21. The zero-order valence-corrected chi connectivity index (χ0v) is 16.1. The highest BCUT2D eigenvalue weighted by Gasteiger charge is 2.22. The van der Waals surface area contributed by atoms with Crippen molar-refractivity contribution in [3.63, 3.8) is 0 Å². The fourth-order valence-electron chi connectivity index (χ4n) is 3.67. The summed E-state index contributed by atoms with van der Waals surface area (Å²) < 4.78 is 7.06. The van der Waals surface area contributed by atoms with Crippen LogP contribution in [0.3, 0.4) is 0 Å². The van der Waals surface area contributed by atoms with Crippen LogP contribution in [0, 0.1) is 10.1 Å². The molecule has 4 aromatic rings. The molecule has 0 atom stereocenters. The van der Waals surface area contributed by atoms with Crippen LogP contribution in [0.2, 0.25) is 0 Å². The van der Waals surface area contributed by atoms with Crippen LogP contribution in [0.4, 0.5) is 11.5 Å². The van der Waals surface area contributed by atoms with Crippen molar-refractivity contribution < 1.29 is 9.45 Å². The van der Waals surface area contributed by atoms with Crippen molar-refractivity contribution >= 4 is 22.5 Å². The maximum absolute atomic E-state index is 10.8. The number of rotatable bonds is 5. The van der Waals surface area contributed by atoms with Crippen molar-refractivity contribution in [3.8, 4) is 5.69 Å². The number of para-hydroxylation sites is 1. The first-order valence-corrected chi connectivity index (χ1v) is 9.65. The number of benzene rings is 2. The van der Waals surface area contributed by atoms with E-state index in [1.807, 2.05) is 30.5 Å². The lowest BCUT2D eigenvalue weighted by Crippen LogP contribution is -2.46.